The van der Waals surface area contributed by atoms with Gasteiger partial charge in [0, 0.05) is 50.5 Å². The first kappa shape index (κ1) is 24.8. The maximum Gasteiger partial charge on any atom is 0.194 e. The van der Waals surface area contributed by atoms with Crippen molar-refractivity contribution in [3.63, 3.8) is 0 Å². The number of anilines is 1. The van der Waals surface area contributed by atoms with Crippen molar-refractivity contribution in [3.8, 4) is 5.75 Å². The Labute approximate surface area is 197 Å². The van der Waals surface area contributed by atoms with E-state index in [-0.39, 0.29) is 18.7 Å². The quantitative estimate of drug-likeness (QED) is 0.552. The van der Waals surface area contributed by atoms with Gasteiger partial charge < -0.3 is 25.0 Å². The van der Waals surface area contributed by atoms with E-state index < -0.39 is 41.4 Å². The lowest BCUT2D eigenvalue weighted by molar-refractivity contribution is -0.149. The molecular formula is C25H31F3N2O4. The second-order valence-corrected chi connectivity index (χ2v) is 9.61. The third-order valence-corrected chi connectivity index (χ3v) is 6.95. The molecule has 0 saturated carbocycles. The molecule has 6 nitrogen and oxygen atoms in total. The Hall–Kier alpha value is -2.33. The molecule has 34 heavy (non-hydrogen) atoms. The lowest BCUT2D eigenvalue weighted by atomic mass is 9.86. The fourth-order valence-corrected chi connectivity index (χ4v) is 4.90. The van der Waals surface area contributed by atoms with Crippen LogP contribution in [0.2, 0.25) is 0 Å². The number of likely N-dealkylation sites (tertiary alicyclic amines) is 1. The normalized spacial score (nSPS) is 25.4. The van der Waals surface area contributed by atoms with E-state index in [4.69, 9.17) is 4.74 Å². The third kappa shape index (κ3) is 5.33. The van der Waals surface area contributed by atoms with Crippen LogP contribution in [0, 0.1) is 24.4 Å². The number of para-hydroxylation sites is 1. The molecule has 2 saturated heterocycles. The summed E-state index contributed by atoms with van der Waals surface area (Å²) in [6, 6.07) is 9.52. The summed E-state index contributed by atoms with van der Waals surface area (Å²) in [5, 5.41) is 32.7. The molecule has 2 aliphatic heterocycles. The third-order valence-electron chi connectivity index (χ3n) is 6.95. The van der Waals surface area contributed by atoms with Crippen LogP contribution in [0.5, 0.6) is 5.75 Å². The molecule has 0 aliphatic carbocycles. The zero-order valence-corrected chi connectivity index (χ0v) is 19.2. The van der Waals surface area contributed by atoms with E-state index in [1.807, 2.05) is 17.0 Å². The monoisotopic (exact) mass is 480 g/mol. The predicted octanol–water partition coefficient (Wildman–Crippen LogP) is 2.62. The van der Waals surface area contributed by atoms with Crippen LogP contribution >= 0.6 is 0 Å². The molecule has 0 spiro atoms. The molecule has 2 aromatic carbocycles. The smallest absolute Gasteiger partial charge is 0.194 e. The van der Waals surface area contributed by atoms with Crippen LogP contribution in [0.25, 0.3) is 0 Å². The van der Waals surface area contributed by atoms with Crippen molar-refractivity contribution in [3.05, 3.63) is 59.4 Å². The van der Waals surface area contributed by atoms with Crippen molar-refractivity contribution < 1.29 is 33.2 Å². The van der Waals surface area contributed by atoms with Gasteiger partial charge in [0.05, 0.1) is 11.7 Å². The summed E-state index contributed by atoms with van der Waals surface area (Å²) in [5.41, 5.74) is -0.306. The van der Waals surface area contributed by atoms with Gasteiger partial charge in [0.2, 0.25) is 0 Å². The van der Waals surface area contributed by atoms with Crippen LogP contribution in [-0.4, -0.2) is 76.9 Å². The number of rotatable bonds is 6. The highest BCUT2D eigenvalue weighted by Gasteiger charge is 2.44. The van der Waals surface area contributed by atoms with Crippen molar-refractivity contribution >= 4 is 5.69 Å². The van der Waals surface area contributed by atoms with Crippen molar-refractivity contribution in [2.45, 2.75) is 43.5 Å². The molecule has 0 bridgehead atoms. The average Bonchev–Trinajstić information content (AvgIpc) is 2.79. The summed E-state index contributed by atoms with van der Waals surface area (Å²) >= 11 is 0. The van der Waals surface area contributed by atoms with Gasteiger partial charge in [-0.15, -0.1) is 0 Å². The van der Waals surface area contributed by atoms with E-state index in [0.717, 1.165) is 5.69 Å². The van der Waals surface area contributed by atoms with Gasteiger partial charge in [-0.25, -0.2) is 13.2 Å². The summed E-state index contributed by atoms with van der Waals surface area (Å²) < 4.78 is 45.4. The molecule has 2 aliphatic rings. The molecule has 2 aromatic rings. The number of ether oxygens (including phenoxy) is 1. The number of benzene rings is 2. The van der Waals surface area contributed by atoms with Crippen LogP contribution in [0.15, 0.2) is 36.4 Å². The first-order valence-electron chi connectivity index (χ1n) is 11.5. The molecule has 2 heterocycles. The number of hydrogen-bond donors (Lipinski definition) is 3. The molecule has 2 atom stereocenters. The number of piperidine rings is 2. The van der Waals surface area contributed by atoms with E-state index >= 15 is 0 Å². The van der Waals surface area contributed by atoms with Gasteiger partial charge in [0.25, 0.3) is 0 Å². The van der Waals surface area contributed by atoms with Gasteiger partial charge in [-0.1, -0.05) is 18.2 Å². The van der Waals surface area contributed by atoms with Crippen molar-refractivity contribution in [2.75, 3.05) is 44.2 Å². The topological polar surface area (TPSA) is 76.4 Å². The fraction of sp³-hybridized carbons (Fsp3) is 0.520. The Kier molecular flexibility index (Phi) is 7.09. The van der Waals surface area contributed by atoms with Crippen molar-refractivity contribution in [2.24, 2.45) is 0 Å². The Bertz CT molecular complexity index is 992. The first-order valence-corrected chi connectivity index (χ1v) is 11.5. The lowest BCUT2D eigenvalue weighted by Gasteiger charge is -2.47. The number of nitrogens with zero attached hydrogens (tertiary/aromatic N) is 2. The molecule has 4 rings (SSSR count). The zero-order chi connectivity index (χ0) is 24.5. The highest BCUT2D eigenvalue weighted by molar-refractivity contribution is 5.53. The highest BCUT2D eigenvalue weighted by Crippen LogP contribution is 2.31. The lowest BCUT2D eigenvalue weighted by Crippen LogP contribution is -2.62. The van der Waals surface area contributed by atoms with Gasteiger partial charge in [0.15, 0.2) is 17.5 Å². The summed E-state index contributed by atoms with van der Waals surface area (Å²) in [7, 11) is 0. The maximum atomic E-state index is 13.5. The SMILES string of the molecule is Cc1ccccc1N1CCC(O)(CN2CC[C@H](O)[C@@](O)(COc3cc(F)c(F)c(F)c3)C2)CC1. The predicted molar refractivity (Wildman–Crippen MR) is 121 cm³/mol. The first-order chi connectivity index (χ1) is 16.1. The van der Waals surface area contributed by atoms with E-state index in [1.165, 1.54) is 5.56 Å². The second-order valence-electron chi connectivity index (χ2n) is 9.61. The highest BCUT2D eigenvalue weighted by atomic mass is 19.2. The Morgan fingerprint density at radius 3 is 2.32 bits per heavy atom. The molecule has 0 amide bonds. The Balaban J connectivity index is 1.36. The maximum absolute atomic E-state index is 13.5. The molecule has 9 heteroatoms. The van der Waals surface area contributed by atoms with Crippen LogP contribution in [0.1, 0.15) is 24.8 Å². The number of halogens is 3. The largest absolute Gasteiger partial charge is 0.490 e. The van der Waals surface area contributed by atoms with Crippen molar-refractivity contribution in [1.82, 2.24) is 4.90 Å². The van der Waals surface area contributed by atoms with Crippen LogP contribution < -0.4 is 9.64 Å². The molecule has 3 N–H and O–H groups in total. The van der Waals surface area contributed by atoms with Crippen LogP contribution in [0.3, 0.4) is 0 Å². The molecule has 0 aromatic heterocycles. The minimum Gasteiger partial charge on any atom is -0.490 e. The number of hydrogen-bond acceptors (Lipinski definition) is 6. The van der Waals surface area contributed by atoms with Crippen LogP contribution in [0.4, 0.5) is 18.9 Å². The number of aliphatic hydroxyl groups excluding tert-OH is 1. The van der Waals surface area contributed by atoms with Gasteiger partial charge in [-0.3, -0.25) is 4.90 Å². The molecular weight excluding hydrogens is 449 g/mol. The number of aliphatic hydroxyl groups is 3. The summed E-state index contributed by atoms with van der Waals surface area (Å²) in [6.45, 7) is 3.85. The van der Waals surface area contributed by atoms with E-state index in [0.29, 0.717) is 51.2 Å². The summed E-state index contributed by atoms with van der Waals surface area (Å²) in [5.74, 6) is -4.67. The Morgan fingerprint density at radius 2 is 1.68 bits per heavy atom. The van der Waals surface area contributed by atoms with Gasteiger partial charge in [-0.2, -0.15) is 0 Å². The minimum absolute atomic E-state index is 0.0180. The second kappa shape index (κ2) is 9.73. The van der Waals surface area contributed by atoms with E-state index in [1.54, 1.807) is 0 Å². The van der Waals surface area contributed by atoms with Crippen molar-refractivity contribution in [1.29, 1.82) is 0 Å². The number of β-amino-alcohol motifs (C(OH)–C–C–N with tert-alkyl or cyclic N) is 2. The van der Waals surface area contributed by atoms with Gasteiger partial charge in [-0.05, 0) is 37.8 Å². The van der Waals surface area contributed by atoms with Gasteiger partial charge in [0.1, 0.15) is 18.0 Å². The number of aryl methyl sites for hydroxylation is 1. The van der Waals surface area contributed by atoms with Gasteiger partial charge >= 0.3 is 0 Å². The van der Waals surface area contributed by atoms with E-state index in [2.05, 4.69) is 24.0 Å². The Morgan fingerprint density at radius 1 is 1.03 bits per heavy atom. The molecule has 0 radical (unpaired) electrons. The van der Waals surface area contributed by atoms with E-state index in [9.17, 15) is 28.5 Å². The summed E-state index contributed by atoms with van der Waals surface area (Å²) in [6.07, 6.45) is 0.251. The average molecular weight is 481 g/mol. The molecule has 0 unspecified atom stereocenters. The van der Waals surface area contributed by atoms with Crippen LogP contribution in [-0.2, 0) is 0 Å². The molecule has 2 fully saturated rings. The summed E-state index contributed by atoms with van der Waals surface area (Å²) in [4.78, 5) is 4.14. The fourth-order valence-electron chi connectivity index (χ4n) is 4.90. The standard InChI is InChI=1S/C25H31F3N2O4/c1-17-4-2-3-5-21(17)30-10-7-24(32,8-11-30)14-29-9-6-22(31)25(33,15-29)16-34-18-12-19(26)23(28)20(27)13-18/h2-5,12-13,22,31-33H,6-11,14-16H2,1H3/t22-,25-/m0/s1. The zero-order valence-electron chi connectivity index (χ0n) is 19.2. The minimum atomic E-state index is -1.71. The molecule has 186 valence electrons.